The monoisotopic (exact) mass is 256 g/mol. The summed E-state index contributed by atoms with van der Waals surface area (Å²) in [6, 6.07) is 15.4. The highest BCUT2D eigenvalue weighted by molar-refractivity contribution is 5.98. The molecule has 2 N–H and O–H groups in total. The molecule has 0 amide bonds. The van der Waals surface area contributed by atoms with Gasteiger partial charge in [0, 0.05) is 17.0 Å². The molecule has 98 valence electrons. The van der Waals surface area contributed by atoms with Crippen LogP contribution < -0.4 is 0 Å². The van der Waals surface area contributed by atoms with Gasteiger partial charge in [-0.2, -0.15) is 0 Å². The van der Waals surface area contributed by atoms with Gasteiger partial charge in [0.2, 0.25) is 0 Å². The Hall–Kier alpha value is -2.13. The molecule has 0 spiro atoms. The second-order valence-electron chi connectivity index (χ2n) is 4.52. The van der Waals surface area contributed by atoms with Gasteiger partial charge in [-0.05, 0) is 6.07 Å². The average molecular weight is 256 g/mol. The standard InChI is InChI=1S/C16H16O3/c1-11(15(18)12-7-3-2-4-8-12)16(19)13-9-5-6-10-14(13)17/h2-11,16-17,19H,1H3/t11-,16+/m0/s1. The third-order valence-corrected chi connectivity index (χ3v) is 3.20. The first-order chi connectivity index (χ1) is 9.11. The third kappa shape index (κ3) is 2.83. The molecule has 3 heteroatoms. The van der Waals surface area contributed by atoms with Gasteiger partial charge in [-0.1, -0.05) is 55.5 Å². The van der Waals surface area contributed by atoms with Crippen molar-refractivity contribution in [2.75, 3.05) is 0 Å². The summed E-state index contributed by atoms with van der Waals surface area (Å²) < 4.78 is 0. The molecule has 0 aliphatic rings. The maximum atomic E-state index is 12.2. The number of phenols is 1. The molecule has 0 bridgehead atoms. The van der Waals surface area contributed by atoms with E-state index in [2.05, 4.69) is 0 Å². The van der Waals surface area contributed by atoms with Crippen LogP contribution in [0.3, 0.4) is 0 Å². The number of aliphatic hydroxyl groups is 1. The summed E-state index contributed by atoms with van der Waals surface area (Å²) >= 11 is 0. The second kappa shape index (κ2) is 5.67. The first-order valence-electron chi connectivity index (χ1n) is 6.16. The molecule has 0 fully saturated rings. The van der Waals surface area contributed by atoms with Crippen molar-refractivity contribution in [3.63, 3.8) is 0 Å². The Morgan fingerprint density at radius 1 is 1.00 bits per heavy atom. The highest BCUT2D eigenvalue weighted by Crippen LogP contribution is 2.30. The Morgan fingerprint density at radius 3 is 2.21 bits per heavy atom. The van der Waals surface area contributed by atoms with Crippen LogP contribution in [0.1, 0.15) is 28.9 Å². The molecule has 0 unspecified atom stereocenters. The number of Topliss-reactive ketones (excluding diaryl/α,β-unsaturated/α-hetero) is 1. The predicted molar refractivity (Wildman–Crippen MR) is 73.0 cm³/mol. The lowest BCUT2D eigenvalue weighted by Gasteiger charge is -2.19. The number of ketones is 1. The van der Waals surface area contributed by atoms with Crippen LogP contribution in [0.5, 0.6) is 5.75 Å². The molecule has 2 atom stereocenters. The second-order valence-corrected chi connectivity index (χ2v) is 4.52. The van der Waals surface area contributed by atoms with Gasteiger partial charge in [0.15, 0.2) is 5.78 Å². The van der Waals surface area contributed by atoms with Crippen molar-refractivity contribution in [3.8, 4) is 5.75 Å². The summed E-state index contributed by atoms with van der Waals surface area (Å²) in [5.41, 5.74) is 0.934. The molecule has 0 aliphatic heterocycles. The highest BCUT2D eigenvalue weighted by atomic mass is 16.3. The first-order valence-corrected chi connectivity index (χ1v) is 6.16. The molecule has 0 aliphatic carbocycles. The van der Waals surface area contributed by atoms with E-state index in [-0.39, 0.29) is 11.5 Å². The third-order valence-electron chi connectivity index (χ3n) is 3.20. The minimum absolute atomic E-state index is 0.00251. The fourth-order valence-corrected chi connectivity index (χ4v) is 2.02. The van der Waals surface area contributed by atoms with Gasteiger partial charge in [-0.3, -0.25) is 4.79 Å². The Labute approximate surface area is 112 Å². The number of rotatable bonds is 4. The van der Waals surface area contributed by atoms with E-state index in [1.807, 2.05) is 6.07 Å². The maximum absolute atomic E-state index is 12.2. The Morgan fingerprint density at radius 2 is 1.58 bits per heavy atom. The number of phenolic OH excluding ortho intramolecular Hbond substituents is 1. The van der Waals surface area contributed by atoms with Crippen LogP contribution in [-0.2, 0) is 0 Å². The smallest absolute Gasteiger partial charge is 0.168 e. The number of para-hydroxylation sites is 1. The summed E-state index contributed by atoms with van der Waals surface area (Å²) in [6.07, 6.45) is -1.02. The number of hydrogen-bond acceptors (Lipinski definition) is 3. The zero-order valence-electron chi connectivity index (χ0n) is 10.7. The molecule has 19 heavy (non-hydrogen) atoms. The van der Waals surface area contributed by atoms with Crippen LogP contribution in [0.4, 0.5) is 0 Å². The predicted octanol–water partition coefficient (Wildman–Crippen LogP) is 2.94. The number of aliphatic hydroxyl groups excluding tert-OH is 1. The minimum atomic E-state index is -1.02. The summed E-state index contributed by atoms with van der Waals surface area (Å²) in [5, 5.41) is 19.9. The molecule has 0 saturated heterocycles. The summed E-state index contributed by atoms with van der Waals surface area (Å²) in [4.78, 5) is 12.2. The zero-order chi connectivity index (χ0) is 13.8. The number of benzene rings is 2. The van der Waals surface area contributed by atoms with Gasteiger partial charge in [0.1, 0.15) is 5.75 Å². The quantitative estimate of drug-likeness (QED) is 0.827. The Balaban J connectivity index is 2.23. The van der Waals surface area contributed by atoms with Crippen LogP contribution in [-0.4, -0.2) is 16.0 Å². The lowest BCUT2D eigenvalue weighted by atomic mass is 9.90. The molecule has 0 heterocycles. The lowest BCUT2D eigenvalue weighted by molar-refractivity contribution is 0.0708. The topological polar surface area (TPSA) is 57.5 Å². The summed E-state index contributed by atoms with van der Waals surface area (Å²) in [5.74, 6) is -0.755. The normalized spacial score (nSPS) is 13.8. The lowest BCUT2D eigenvalue weighted by Crippen LogP contribution is -2.19. The van der Waals surface area contributed by atoms with Crippen molar-refractivity contribution in [2.24, 2.45) is 5.92 Å². The molecular formula is C16H16O3. The largest absolute Gasteiger partial charge is 0.508 e. The maximum Gasteiger partial charge on any atom is 0.168 e. The summed E-state index contributed by atoms with van der Waals surface area (Å²) in [7, 11) is 0. The first kappa shape index (κ1) is 13.3. The minimum Gasteiger partial charge on any atom is -0.508 e. The van der Waals surface area contributed by atoms with E-state index in [1.54, 1.807) is 49.4 Å². The van der Waals surface area contributed by atoms with Crippen LogP contribution >= 0.6 is 0 Å². The van der Waals surface area contributed by atoms with E-state index >= 15 is 0 Å². The summed E-state index contributed by atoms with van der Waals surface area (Å²) in [6.45, 7) is 1.66. The molecule has 0 radical (unpaired) electrons. The van der Waals surface area contributed by atoms with Gasteiger partial charge in [0.05, 0.1) is 6.10 Å². The van der Waals surface area contributed by atoms with Crippen molar-refractivity contribution >= 4 is 5.78 Å². The molecule has 0 saturated carbocycles. The fourth-order valence-electron chi connectivity index (χ4n) is 2.02. The van der Waals surface area contributed by atoms with E-state index in [4.69, 9.17) is 0 Å². The highest BCUT2D eigenvalue weighted by Gasteiger charge is 2.26. The van der Waals surface area contributed by atoms with Crippen LogP contribution in [0, 0.1) is 5.92 Å². The fraction of sp³-hybridized carbons (Fsp3) is 0.188. The van der Waals surface area contributed by atoms with Gasteiger partial charge >= 0.3 is 0 Å². The number of hydrogen-bond donors (Lipinski definition) is 2. The molecule has 3 nitrogen and oxygen atoms in total. The average Bonchev–Trinajstić information content (AvgIpc) is 2.46. The van der Waals surface area contributed by atoms with Crippen molar-refractivity contribution < 1.29 is 15.0 Å². The molecule has 2 rings (SSSR count). The number of aromatic hydroxyl groups is 1. The van der Waals surface area contributed by atoms with Gasteiger partial charge < -0.3 is 10.2 Å². The van der Waals surface area contributed by atoms with Crippen LogP contribution in [0.25, 0.3) is 0 Å². The van der Waals surface area contributed by atoms with Gasteiger partial charge in [0.25, 0.3) is 0 Å². The molecule has 0 aromatic heterocycles. The van der Waals surface area contributed by atoms with E-state index in [9.17, 15) is 15.0 Å². The van der Waals surface area contributed by atoms with E-state index in [0.717, 1.165) is 0 Å². The van der Waals surface area contributed by atoms with E-state index in [1.165, 1.54) is 6.07 Å². The molecule has 2 aromatic carbocycles. The Kier molecular flexibility index (Phi) is 3.97. The van der Waals surface area contributed by atoms with E-state index < -0.39 is 12.0 Å². The van der Waals surface area contributed by atoms with Gasteiger partial charge in [-0.15, -0.1) is 0 Å². The van der Waals surface area contributed by atoms with Crippen molar-refractivity contribution in [1.82, 2.24) is 0 Å². The SMILES string of the molecule is C[C@@H](C(=O)c1ccccc1)[C@@H](O)c1ccccc1O. The molecular weight excluding hydrogens is 240 g/mol. The van der Waals surface area contributed by atoms with Crippen LogP contribution in [0.2, 0.25) is 0 Å². The number of carbonyl (C=O) groups excluding carboxylic acids is 1. The van der Waals surface area contributed by atoms with Gasteiger partial charge in [-0.25, -0.2) is 0 Å². The molecule has 2 aromatic rings. The Bertz CT molecular complexity index is 563. The van der Waals surface area contributed by atoms with Crippen molar-refractivity contribution in [2.45, 2.75) is 13.0 Å². The zero-order valence-corrected chi connectivity index (χ0v) is 10.7. The van der Waals surface area contributed by atoms with E-state index in [0.29, 0.717) is 11.1 Å². The van der Waals surface area contributed by atoms with Crippen molar-refractivity contribution in [1.29, 1.82) is 0 Å². The van der Waals surface area contributed by atoms with Crippen molar-refractivity contribution in [3.05, 3.63) is 65.7 Å². The van der Waals surface area contributed by atoms with Crippen LogP contribution in [0.15, 0.2) is 54.6 Å². The number of carbonyl (C=O) groups is 1.